The van der Waals surface area contributed by atoms with E-state index in [-0.39, 0.29) is 42.5 Å². The lowest BCUT2D eigenvalue weighted by Crippen LogP contribution is -2.40. The van der Waals surface area contributed by atoms with Gasteiger partial charge in [0.05, 0.1) is 25.9 Å². The monoisotopic (exact) mass is 568 g/mol. The molecule has 2 rings (SSSR count). The lowest BCUT2D eigenvalue weighted by atomic mass is 10.1. The van der Waals surface area contributed by atoms with E-state index in [2.05, 4.69) is 34.7 Å². The van der Waals surface area contributed by atoms with Gasteiger partial charge in [-0.1, -0.05) is 60.7 Å². The summed E-state index contributed by atoms with van der Waals surface area (Å²) in [5.74, 6) is 0.569. The summed E-state index contributed by atoms with van der Waals surface area (Å²) >= 11 is 0. The van der Waals surface area contributed by atoms with Crippen LogP contribution in [-0.4, -0.2) is 63.8 Å². The number of halogens is 1. The summed E-state index contributed by atoms with van der Waals surface area (Å²) in [6.07, 6.45) is 0.820. The van der Waals surface area contributed by atoms with Gasteiger partial charge in [-0.05, 0) is 24.5 Å². The number of nitrogens with zero attached hydrogens (tertiary/aromatic N) is 2. The summed E-state index contributed by atoms with van der Waals surface area (Å²) in [5.41, 5.74) is 2.31. The lowest BCUT2D eigenvalue weighted by Gasteiger charge is -2.19. The number of rotatable bonds is 13. The van der Waals surface area contributed by atoms with Gasteiger partial charge >= 0.3 is 0 Å². The number of ether oxygens (including phenoxy) is 2. The van der Waals surface area contributed by atoms with E-state index >= 15 is 0 Å². The van der Waals surface area contributed by atoms with Crippen molar-refractivity contribution in [3.63, 3.8) is 0 Å². The summed E-state index contributed by atoms with van der Waals surface area (Å²) in [6, 6.07) is 20.3. The largest absolute Gasteiger partial charge is 0.379 e. The van der Waals surface area contributed by atoms with Gasteiger partial charge in [0.2, 0.25) is 5.91 Å². The van der Waals surface area contributed by atoms with E-state index in [4.69, 9.17) is 9.47 Å². The van der Waals surface area contributed by atoms with Crippen LogP contribution in [-0.2, 0) is 20.9 Å². The number of hydrogen-bond donors (Lipinski definition) is 2. The highest BCUT2D eigenvalue weighted by molar-refractivity contribution is 14.0. The quantitative estimate of drug-likeness (QED) is 0.167. The Morgan fingerprint density at radius 2 is 1.61 bits per heavy atom. The van der Waals surface area contributed by atoms with Crippen molar-refractivity contribution < 1.29 is 14.3 Å². The number of guanidine groups is 1. The first-order valence-corrected chi connectivity index (χ1v) is 11.1. The highest BCUT2D eigenvalue weighted by atomic mass is 127. The van der Waals surface area contributed by atoms with E-state index in [9.17, 15) is 4.79 Å². The fourth-order valence-corrected chi connectivity index (χ4v) is 2.84. The molecule has 33 heavy (non-hydrogen) atoms. The van der Waals surface area contributed by atoms with Crippen molar-refractivity contribution in [2.24, 2.45) is 4.99 Å². The Hall–Kier alpha value is -2.17. The lowest BCUT2D eigenvalue weighted by molar-refractivity contribution is -0.127. The molecule has 1 atom stereocenters. The van der Waals surface area contributed by atoms with Crippen molar-refractivity contribution in [2.75, 3.05) is 47.0 Å². The van der Waals surface area contributed by atoms with Crippen LogP contribution in [0.3, 0.4) is 0 Å². The topological polar surface area (TPSA) is 75.2 Å². The number of amides is 1. The van der Waals surface area contributed by atoms with Gasteiger partial charge in [0.15, 0.2) is 5.96 Å². The Kier molecular flexibility index (Phi) is 15.2. The van der Waals surface area contributed by atoms with Crippen LogP contribution in [0.15, 0.2) is 65.7 Å². The Balaban J connectivity index is 0.00000544. The molecule has 1 unspecified atom stereocenters. The average Bonchev–Trinajstić information content (AvgIpc) is 2.82. The molecular weight excluding hydrogens is 531 g/mol. The molecule has 0 heterocycles. The average molecular weight is 569 g/mol. The van der Waals surface area contributed by atoms with Gasteiger partial charge in [-0.25, -0.2) is 4.99 Å². The molecule has 2 aromatic rings. The minimum Gasteiger partial charge on any atom is -0.379 e. The number of benzene rings is 2. The molecule has 0 aliphatic carbocycles. The maximum Gasteiger partial charge on any atom is 0.243 e. The summed E-state index contributed by atoms with van der Waals surface area (Å²) < 4.78 is 11.3. The van der Waals surface area contributed by atoms with E-state index in [1.807, 2.05) is 48.5 Å². The Morgan fingerprint density at radius 1 is 0.970 bits per heavy atom. The minimum absolute atomic E-state index is 0. The summed E-state index contributed by atoms with van der Waals surface area (Å²) in [6.45, 7) is 5.21. The van der Waals surface area contributed by atoms with Crippen LogP contribution in [0.25, 0.3) is 0 Å². The van der Waals surface area contributed by atoms with E-state index in [1.165, 1.54) is 4.90 Å². The molecule has 8 heteroatoms. The van der Waals surface area contributed by atoms with Crippen molar-refractivity contribution in [1.29, 1.82) is 0 Å². The van der Waals surface area contributed by atoms with Crippen molar-refractivity contribution in [1.82, 2.24) is 15.5 Å². The first kappa shape index (κ1) is 28.9. The van der Waals surface area contributed by atoms with Crippen molar-refractivity contribution in [3.05, 3.63) is 71.8 Å². The van der Waals surface area contributed by atoms with Gasteiger partial charge in [-0.15, -0.1) is 24.0 Å². The van der Waals surface area contributed by atoms with Crippen LogP contribution in [0.5, 0.6) is 0 Å². The third-order valence-electron chi connectivity index (χ3n) is 4.77. The minimum atomic E-state index is -0.0442. The second-order valence-electron chi connectivity index (χ2n) is 7.66. The first-order chi connectivity index (χ1) is 15.6. The maximum absolute atomic E-state index is 11.9. The molecule has 0 saturated carbocycles. The number of nitrogens with one attached hydrogen (secondary N) is 2. The molecular formula is C25H37IN4O3. The van der Waals surface area contributed by atoms with Crippen molar-refractivity contribution in [2.45, 2.75) is 26.0 Å². The molecule has 0 radical (unpaired) electrons. The standard InChI is InChI=1S/C25H36N4O3.HI/c1-21(23-13-8-5-9-14-23)28-25(27-19-24(30)29(2)3)26-15-10-16-31-17-18-32-20-22-11-6-4-7-12-22;/h4-9,11-14,21H,10,15-20H2,1-3H3,(H2,26,27,28);1H. The second-order valence-corrected chi connectivity index (χ2v) is 7.66. The number of likely N-dealkylation sites (N-methyl/N-ethyl adjacent to an activating group) is 1. The maximum atomic E-state index is 11.9. The SMILES string of the molecule is CC(NC(=NCC(=O)N(C)C)NCCCOCCOCc1ccccc1)c1ccccc1.I. The van der Waals surface area contributed by atoms with Gasteiger partial charge in [0.1, 0.15) is 6.54 Å². The summed E-state index contributed by atoms with van der Waals surface area (Å²) in [4.78, 5) is 17.9. The van der Waals surface area contributed by atoms with Gasteiger partial charge in [-0.3, -0.25) is 4.79 Å². The van der Waals surface area contributed by atoms with E-state index in [0.717, 1.165) is 17.5 Å². The van der Waals surface area contributed by atoms with Crippen LogP contribution in [0.1, 0.15) is 30.5 Å². The predicted octanol–water partition coefficient (Wildman–Crippen LogP) is 3.61. The van der Waals surface area contributed by atoms with E-state index in [0.29, 0.717) is 38.9 Å². The normalized spacial score (nSPS) is 11.9. The molecule has 0 bridgehead atoms. The molecule has 2 aromatic carbocycles. The summed E-state index contributed by atoms with van der Waals surface area (Å²) in [7, 11) is 3.46. The molecule has 0 spiro atoms. The fraction of sp³-hybridized carbons (Fsp3) is 0.440. The van der Waals surface area contributed by atoms with Crippen LogP contribution in [0.4, 0.5) is 0 Å². The molecule has 0 fully saturated rings. The van der Waals surface area contributed by atoms with Crippen molar-refractivity contribution in [3.8, 4) is 0 Å². The molecule has 2 N–H and O–H groups in total. The predicted molar refractivity (Wildman–Crippen MR) is 144 cm³/mol. The Bertz CT molecular complexity index is 804. The number of carbonyl (C=O) groups is 1. The molecule has 0 aliphatic heterocycles. The zero-order valence-corrected chi connectivity index (χ0v) is 22.2. The molecule has 0 saturated heterocycles. The van der Waals surface area contributed by atoms with Gasteiger partial charge in [-0.2, -0.15) is 0 Å². The number of carbonyl (C=O) groups excluding carboxylic acids is 1. The highest BCUT2D eigenvalue weighted by Gasteiger charge is 2.09. The third kappa shape index (κ3) is 12.6. The van der Waals surface area contributed by atoms with Crippen LogP contribution in [0.2, 0.25) is 0 Å². The van der Waals surface area contributed by atoms with E-state index in [1.54, 1.807) is 14.1 Å². The highest BCUT2D eigenvalue weighted by Crippen LogP contribution is 2.10. The van der Waals surface area contributed by atoms with Gasteiger partial charge in [0, 0.05) is 27.2 Å². The zero-order valence-electron chi connectivity index (χ0n) is 19.8. The number of hydrogen-bond acceptors (Lipinski definition) is 4. The van der Waals surface area contributed by atoms with E-state index < -0.39 is 0 Å². The van der Waals surface area contributed by atoms with Crippen LogP contribution in [0, 0.1) is 0 Å². The zero-order chi connectivity index (χ0) is 23.0. The first-order valence-electron chi connectivity index (χ1n) is 11.1. The van der Waals surface area contributed by atoms with Crippen molar-refractivity contribution >= 4 is 35.8 Å². The van der Waals surface area contributed by atoms with Crippen LogP contribution < -0.4 is 10.6 Å². The molecule has 7 nitrogen and oxygen atoms in total. The Morgan fingerprint density at radius 3 is 2.27 bits per heavy atom. The number of aliphatic imine (C=N–C) groups is 1. The third-order valence-corrected chi connectivity index (χ3v) is 4.77. The smallest absolute Gasteiger partial charge is 0.243 e. The molecule has 0 aromatic heterocycles. The van der Waals surface area contributed by atoms with Gasteiger partial charge in [0.25, 0.3) is 0 Å². The molecule has 1 amide bonds. The molecule has 0 aliphatic rings. The second kappa shape index (κ2) is 17.3. The van der Waals surface area contributed by atoms with Gasteiger partial charge < -0.3 is 25.0 Å². The Labute approximate surface area is 215 Å². The molecule has 182 valence electrons. The van der Waals surface area contributed by atoms with Crippen LogP contribution >= 0.6 is 24.0 Å². The fourth-order valence-electron chi connectivity index (χ4n) is 2.84. The summed E-state index contributed by atoms with van der Waals surface area (Å²) in [5, 5.41) is 6.66.